The summed E-state index contributed by atoms with van der Waals surface area (Å²) in [5.74, 6) is 0. The van der Waals surface area contributed by atoms with Gasteiger partial charge in [0.25, 0.3) is 0 Å². The molecule has 0 unspecified atom stereocenters. The van der Waals surface area contributed by atoms with Crippen LogP contribution in [-0.2, 0) is 0 Å². The molecule has 0 N–H and O–H groups in total. The van der Waals surface area contributed by atoms with Gasteiger partial charge in [0, 0.05) is 0 Å². The maximum atomic E-state index is 2.19. The molecule has 0 heterocycles. The van der Waals surface area contributed by atoms with Gasteiger partial charge in [-0.05, 0) is 0 Å². The van der Waals surface area contributed by atoms with Crippen molar-refractivity contribution in [1.82, 2.24) is 0 Å². The molecular weight excluding hydrogens is 55.0 g/mol. The third-order valence-corrected chi connectivity index (χ3v) is 0. The minimum absolute atomic E-state index is 0.500. The van der Waals surface area contributed by atoms with Crippen LogP contribution < -0.4 is 0 Å². The van der Waals surface area contributed by atoms with Gasteiger partial charge in [-0.25, -0.2) is 0 Å². The van der Waals surface area contributed by atoms with Crippen molar-refractivity contribution in [3.8, 4) is 0 Å². The molecule has 0 aromatic heterocycles. The van der Waals surface area contributed by atoms with E-state index in [1.807, 2.05) is 0 Å². The fraction of sp³-hybridized carbons (Fsp3) is 1.00. The summed E-state index contributed by atoms with van der Waals surface area (Å²) in [5, 5.41) is 0. The molecule has 0 spiro atoms. The van der Waals surface area contributed by atoms with E-state index in [1.54, 1.807) is 0 Å². The Hall–Kier alpha value is 0.597. The topological polar surface area (TPSA) is 0 Å². The summed E-state index contributed by atoms with van der Waals surface area (Å²) in [6.45, 7) is 6.56. The van der Waals surface area contributed by atoms with E-state index >= 15 is 0 Å². The molecule has 0 amide bonds. The van der Waals surface area contributed by atoms with Crippen LogP contribution in [0.3, 0.4) is 0 Å². The Balaban J connectivity index is 3.02. The van der Waals surface area contributed by atoms with Gasteiger partial charge in [-0.2, -0.15) is 0 Å². The Bertz CT molecular complexity index is 19.1. The third-order valence-electron chi connectivity index (χ3n) is 0. The Labute approximate surface area is 43.2 Å². The van der Waals surface area contributed by atoms with Gasteiger partial charge in [0.2, 0.25) is 0 Å². The first-order valence-electron chi connectivity index (χ1n) is 2.00. The Kier molecular flexibility index (Phi) is 1.53. The van der Waals surface area contributed by atoms with Crippen molar-refractivity contribution in [2.75, 3.05) is 0 Å². The van der Waals surface area contributed by atoms with Crippen LogP contribution in [0.15, 0.2) is 0 Å². The van der Waals surface area contributed by atoms with Crippen molar-refractivity contribution in [3.63, 3.8) is 0 Å². The molecule has 0 aromatic rings. The first-order chi connectivity index (χ1) is 2.00. The van der Waals surface area contributed by atoms with Crippen molar-refractivity contribution in [1.29, 1.82) is 0 Å². The molecular formula is C4H9Li-. The van der Waals surface area contributed by atoms with Crippen molar-refractivity contribution >= 4 is 17.7 Å². The second-order valence-electron chi connectivity index (χ2n) is 3.00. The van der Waals surface area contributed by atoms with Crippen LogP contribution >= 0.6 is 0 Å². The molecule has 0 atom stereocenters. The quantitative estimate of drug-likeness (QED) is 0.373. The monoisotopic (exact) mass is 64.1 g/mol. The van der Waals surface area contributed by atoms with Crippen molar-refractivity contribution in [2.45, 2.75) is 24.9 Å². The van der Waals surface area contributed by atoms with Crippen LogP contribution in [-0.4, -0.2) is 17.7 Å². The Morgan fingerprint density at radius 2 is 1.20 bits per heavy atom. The van der Waals surface area contributed by atoms with Crippen LogP contribution in [0.5, 0.6) is 0 Å². The summed E-state index contributed by atoms with van der Waals surface area (Å²) < 4.78 is 0.500. The van der Waals surface area contributed by atoms with Gasteiger partial charge >= 0.3 is 42.6 Å². The summed E-state index contributed by atoms with van der Waals surface area (Å²) in [7, 11) is 0. The molecule has 0 nitrogen and oxygen atoms in total. The maximum absolute atomic E-state index is 2.19. The van der Waals surface area contributed by atoms with E-state index in [0.717, 1.165) is 0 Å². The fourth-order valence-corrected chi connectivity index (χ4v) is 0. The molecule has 0 aliphatic rings. The van der Waals surface area contributed by atoms with Crippen LogP contribution in [0.25, 0.3) is 0 Å². The summed E-state index contributed by atoms with van der Waals surface area (Å²) >= 11 is 2.19. The molecule has 5 heavy (non-hydrogen) atoms. The molecule has 0 aliphatic heterocycles. The van der Waals surface area contributed by atoms with Gasteiger partial charge in [0.05, 0.1) is 0 Å². The standard InChI is InChI=1S/C4H9.Li/c1-4(2)3;/h1-3H3;/q;-1. The number of hydrogen-bond acceptors (Lipinski definition) is 0. The molecule has 1 radical (unpaired) electrons. The third kappa shape index (κ3) is 86.9. The zero-order chi connectivity index (χ0) is 4.50. The second kappa shape index (κ2) is 1.37. The van der Waals surface area contributed by atoms with Gasteiger partial charge in [-0.1, -0.05) is 0 Å². The normalized spacial score (nSPS) is 11.6. The summed E-state index contributed by atoms with van der Waals surface area (Å²) in [4.78, 5) is 0. The fourth-order valence-electron chi connectivity index (χ4n) is 0. The zero-order valence-corrected chi connectivity index (χ0v) is 4.50. The van der Waals surface area contributed by atoms with Gasteiger partial charge in [0.1, 0.15) is 0 Å². The predicted molar refractivity (Wildman–Crippen MR) is 25.5 cm³/mol. The van der Waals surface area contributed by atoms with E-state index in [0.29, 0.717) is 4.09 Å². The molecule has 0 saturated carbocycles. The average Bonchev–Trinajstić information content (AvgIpc) is 0.722. The van der Waals surface area contributed by atoms with E-state index in [4.69, 9.17) is 0 Å². The van der Waals surface area contributed by atoms with Crippen LogP contribution in [0.1, 0.15) is 20.8 Å². The second-order valence-corrected chi connectivity index (χ2v) is 3.00. The molecule has 0 saturated heterocycles. The number of rotatable bonds is 0. The molecule has 0 rings (SSSR count). The van der Waals surface area contributed by atoms with Gasteiger partial charge in [-0.15, -0.1) is 0 Å². The molecule has 0 fully saturated rings. The van der Waals surface area contributed by atoms with Crippen molar-refractivity contribution in [2.24, 2.45) is 0 Å². The molecule has 0 bridgehead atoms. The van der Waals surface area contributed by atoms with Gasteiger partial charge < -0.3 is 0 Å². The summed E-state index contributed by atoms with van der Waals surface area (Å²) in [6.07, 6.45) is 0. The zero-order valence-electron chi connectivity index (χ0n) is 4.50. The first kappa shape index (κ1) is 5.60. The Morgan fingerprint density at radius 1 is 1.20 bits per heavy atom. The van der Waals surface area contributed by atoms with Crippen LogP contribution in [0.4, 0.5) is 0 Å². The van der Waals surface area contributed by atoms with E-state index in [2.05, 4.69) is 38.5 Å². The van der Waals surface area contributed by atoms with Crippen LogP contribution in [0, 0.1) is 0 Å². The van der Waals surface area contributed by atoms with Crippen molar-refractivity contribution < 1.29 is 0 Å². The average molecular weight is 64.1 g/mol. The van der Waals surface area contributed by atoms with Gasteiger partial charge in [0.15, 0.2) is 0 Å². The molecule has 1 heteroatoms. The van der Waals surface area contributed by atoms with E-state index < -0.39 is 0 Å². The number of hydrogen-bond donors (Lipinski definition) is 0. The van der Waals surface area contributed by atoms with Crippen LogP contribution in [0.2, 0.25) is 4.09 Å². The van der Waals surface area contributed by atoms with E-state index in [1.165, 1.54) is 0 Å². The summed E-state index contributed by atoms with van der Waals surface area (Å²) in [5.41, 5.74) is 0. The van der Waals surface area contributed by atoms with Gasteiger partial charge in [-0.3, -0.25) is 0 Å². The SMILES string of the molecule is [Li-][C](C)(C)C. The summed E-state index contributed by atoms with van der Waals surface area (Å²) in [6, 6.07) is 0. The Morgan fingerprint density at radius 3 is 1.20 bits per heavy atom. The minimum atomic E-state index is 0.500. The first-order valence-corrected chi connectivity index (χ1v) is 2.00. The molecule has 27 valence electrons. The molecule has 0 aliphatic carbocycles. The predicted octanol–water partition coefficient (Wildman–Crippen LogP) is 1.37. The van der Waals surface area contributed by atoms with E-state index in [9.17, 15) is 0 Å². The van der Waals surface area contributed by atoms with E-state index in [-0.39, 0.29) is 0 Å². The van der Waals surface area contributed by atoms with Crippen molar-refractivity contribution in [3.05, 3.63) is 0 Å². The molecule has 0 aromatic carbocycles.